The highest BCUT2D eigenvalue weighted by Crippen LogP contribution is 2.31. The standard InChI is InChI=1S/C15H11BrClNO/c16-15-12(7-8-19-15)13(17)9-11-6-5-10-3-1-2-4-14(10)18-11/h1-8,13H,9H2. The van der Waals surface area contributed by atoms with E-state index in [1.165, 1.54) is 0 Å². The van der Waals surface area contributed by atoms with Crippen LogP contribution in [0.2, 0.25) is 0 Å². The number of pyridine rings is 1. The lowest BCUT2D eigenvalue weighted by atomic mass is 10.1. The third kappa shape index (κ3) is 2.67. The van der Waals surface area contributed by atoms with Crippen molar-refractivity contribution in [3.63, 3.8) is 0 Å². The Morgan fingerprint density at radius 1 is 1.16 bits per heavy atom. The van der Waals surface area contributed by atoms with Crippen LogP contribution in [0.5, 0.6) is 0 Å². The first-order valence-corrected chi connectivity index (χ1v) is 7.18. The molecule has 2 heterocycles. The van der Waals surface area contributed by atoms with E-state index in [4.69, 9.17) is 16.0 Å². The Balaban J connectivity index is 1.87. The molecule has 3 rings (SSSR count). The summed E-state index contributed by atoms with van der Waals surface area (Å²) >= 11 is 9.76. The van der Waals surface area contributed by atoms with Crippen molar-refractivity contribution in [2.75, 3.05) is 0 Å². The van der Waals surface area contributed by atoms with Crippen LogP contribution in [0.1, 0.15) is 16.6 Å². The van der Waals surface area contributed by atoms with Gasteiger partial charge in [0, 0.05) is 23.1 Å². The van der Waals surface area contributed by atoms with Gasteiger partial charge < -0.3 is 4.42 Å². The minimum Gasteiger partial charge on any atom is -0.457 e. The maximum atomic E-state index is 6.41. The quantitative estimate of drug-likeness (QED) is 0.621. The fraction of sp³-hybridized carbons (Fsp3) is 0.133. The first-order chi connectivity index (χ1) is 9.24. The van der Waals surface area contributed by atoms with Gasteiger partial charge in [0.1, 0.15) is 0 Å². The van der Waals surface area contributed by atoms with Crippen molar-refractivity contribution in [2.45, 2.75) is 11.8 Å². The normalized spacial score (nSPS) is 12.7. The smallest absolute Gasteiger partial charge is 0.173 e. The lowest BCUT2D eigenvalue weighted by molar-refractivity contribution is 0.536. The van der Waals surface area contributed by atoms with Crippen LogP contribution in [0.25, 0.3) is 10.9 Å². The lowest BCUT2D eigenvalue weighted by Crippen LogP contribution is -1.98. The number of fused-ring (bicyclic) bond motifs is 1. The third-order valence-corrected chi connectivity index (χ3v) is 4.06. The van der Waals surface area contributed by atoms with Crippen LogP contribution in [0.15, 0.2) is 57.8 Å². The molecule has 0 saturated carbocycles. The van der Waals surface area contributed by atoms with Gasteiger partial charge in [0.15, 0.2) is 4.67 Å². The van der Waals surface area contributed by atoms with Crippen LogP contribution in [0.4, 0.5) is 0 Å². The van der Waals surface area contributed by atoms with Crippen molar-refractivity contribution in [2.24, 2.45) is 0 Å². The molecule has 19 heavy (non-hydrogen) atoms. The number of para-hydroxylation sites is 1. The van der Waals surface area contributed by atoms with Crippen molar-refractivity contribution >= 4 is 38.4 Å². The van der Waals surface area contributed by atoms with E-state index in [0.29, 0.717) is 11.1 Å². The number of nitrogens with zero attached hydrogens (tertiary/aromatic N) is 1. The first kappa shape index (κ1) is 12.7. The zero-order valence-corrected chi connectivity index (χ0v) is 12.4. The van der Waals surface area contributed by atoms with Gasteiger partial charge in [-0.25, -0.2) is 0 Å². The molecule has 0 spiro atoms. The molecule has 0 fully saturated rings. The fourth-order valence-corrected chi connectivity index (χ4v) is 3.02. The maximum absolute atomic E-state index is 6.41. The number of halogens is 2. The summed E-state index contributed by atoms with van der Waals surface area (Å²) in [7, 11) is 0. The molecule has 0 radical (unpaired) electrons. The topological polar surface area (TPSA) is 26.0 Å². The van der Waals surface area contributed by atoms with E-state index in [-0.39, 0.29) is 5.38 Å². The van der Waals surface area contributed by atoms with Crippen LogP contribution >= 0.6 is 27.5 Å². The number of hydrogen-bond acceptors (Lipinski definition) is 2. The summed E-state index contributed by atoms with van der Waals surface area (Å²) in [4.78, 5) is 4.62. The second-order valence-corrected chi connectivity index (χ2v) is 5.56. The third-order valence-electron chi connectivity index (χ3n) is 3.03. The maximum Gasteiger partial charge on any atom is 0.173 e. The lowest BCUT2D eigenvalue weighted by Gasteiger charge is -2.08. The predicted octanol–water partition coefficient (Wildman–Crippen LogP) is 5.11. The number of furan rings is 1. The van der Waals surface area contributed by atoms with Crippen molar-refractivity contribution in [1.82, 2.24) is 4.98 Å². The van der Waals surface area contributed by atoms with Crippen LogP contribution in [-0.2, 0) is 6.42 Å². The zero-order valence-electron chi connectivity index (χ0n) is 10.0. The molecule has 3 aromatic rings. The van der Waals surface area contributed by atoms with E-state index in [1.54, 1.807) is 6.26 Å². The predicted molar refractivity (Wildman–Crippen MR) is 80.4 cm³/mol. The average molecular weight is 337 g/mol. The number of rotatable bonds is 3. The van der Waals surface area contributed by atoms with E-state index in [1.807, 2.05) is 30.3 Å². The molecule has 0 amide bonds. The Hall–Kier alpha value is -1.32. The van der Waals surface area contributed by atoms with Gasteiger partial charge in [-0.3, -0.25) is 4.98 Å². The molecule has 2 nitrogen and oxygen atoms in total. The van der Waals surface area contributed by atoms with Crippen LogP contribution in [0, 0.1) is 0 Å². The largest absolute Gasteiger partial charge is 0.457 e. The minimum absolute atomic E-state index is 0.151. The fourth-order valence-electron chi connectivity index (χ4n) is 2.04. The summed E-state index contributed by atoms with van der Waals surface area (Å²) in [6, 6.07) is 14.0. The Kier molecular flexibility index (Phi) is 3.58. The van der Waals surface area contributed by atoms with Gasteiger partial charge in [0.05, 0.1) is 17.2 Å². The van der Waals surface area contributed by atoms with E-state index < -0.39 is 0 Å². The summed E-state index contributed by atoms with van der Waals surface area (Å²) in [6.45, 7) is 0. The average Bonchev–Trinajstić information content (AvgIpc) is 2.85. The minimum atomic E-state index is -0.151. The molecule has 0 aliphatic carbocycles. The van der Waals surface area contributed by atoms with E-state index in [0.717, 1.165) is 22.2 Å². The molecule has 1 atom stereocenters. The SMILES string of the molecule is ClC(Cc1ccc2ccccc2n1)c1ccoc1Br. The summed E-state index contributed by atoms with van der Waals surface area (Å²) in [5, 5.41) is 0.989. The van der Waals surface area contributed by atoms with Gasteiger partial charge in [-0.2, -0.15) is 0 Å². The molecular weight excluding hydrogens is 326 g/mol. The van der Waals surface area contributed by atoms with Gasteiger partial charge >= 0.3 is 0 Å². The number of aromatic nitrogens is 1. The molecule has 4 heteroatoms. The number of hydrogen-bond donors (Lipinski definition) is 0. The second-order valence-electron chi connectivity index (χ2n) is 4.32. The highest BCUT2D eigenvalue weighted by molar-refractivity contribution is 9.10. The molecular formula is C15H11BrClNO. The Bertz CT molecular complexity index is 710. The van der Waals surface area contributed by atoms with Gasteiger partial charge in [0.2, 0.25) is 0 Å². The van der Waals surface area contributed by atoms with Crippen LogP contribution < -0.4 is 0 Å². The second kappa shape index (κ2) is 5.35. The number of alkyl halides is 1. The van der Waals surface area contributed by atoms with Crippen molar-refractivity contribution < 1.29 is 4.42 Å². The number of benzene rings is 1. The molecule has 96 valence electrons. The molecule has 0 saturated heterocycles. The highest BCUT2D eigenvalue weighted by atomic mass is 79.9. The van der Waals surface area contributed by atoms with Crippen LogP contribution in [0.3, 0.4) is 0 Å². The Labute approximate surface area is 124 Å². The molecule has 1 unspecified atom stereocenters. The monoisotopic (exact) mass is 335 g/mol. The highest BCUT2D eigenvalue weighted by Gasteiger charge is 2.15. The molecule has 0 aliphatic heterocycles. The summed E-state index contributed by atoms with van der Waals surface area (Å²) < 4.78 is 5.89. The first-order valence-electron chi connectivity index (χ1n) is 5.95. The van der Waals surface area contributed by atoms with E-state index >= 15 is 0 Å². The van der Waals surface area contributed by atoms with Crippen molar-refractivity contribution in [1.29, 1.82) is 0 Å². The van der Waals surface area contributed by atoms with Crippen molar-refractivity contribution in [3.05, 3.63) is 64.7 Å². The van der Waals surface area contributed by atoms with E-state index in [2.05, 4.69) is 33.0 Å². The molecule has 2 aromatic heterocycles. The van der Waals surface area contributed by atoms with Gasteiger partial charge in [-0.1, -0.05) is 24.3 Å². The molecule has 0 aliphatic rings. The Morgan fingerprint density at radius 3 is 2.79 bits per heavy atom. The summed E-state index contributed by atoms with van der Waals surface area (Å²) in [5.41, 5.74) is 2.93. The Morgan fingerprint density at radius 2 is 2.00 bits per heavy atom. The van der Waals surface area contributed by atoms with E-state index in [9.17, 15) is 0 Å². The molecule has 0 N–H and O–H groups in total. The van der Waals surface area contributed by atoms with Crippen molar-refractivity contribution in [3.8, 4) is 0 Å². The van der Waals surface area contributed by atoms with Gasteiger partial charge in [-0.15, -0.1) is 11.6 Å². The molecule has 0 bridgehead atoms. The zero-order chi connectivity index (χ0) is 13.2. The molecule has 1 aromatic carbocycles. The summed E-state index contributed by atoms with van der Waals surface area (Å²) in [5.74, 6) is 0. The van der Waals surface area contributed by atoms with Gasteiger partial charge in [-0.05, 0) is 34.1 Å². The summed E-state index contributed by atoms with van der Waals surface area (Å²) in [6.07, 6.45) is 2.30. The van der Waals surface area contributed by atoms with Gasteiger partial charge in [0.25, 0.3) is 0 Å². The van der Waals surface area contributed by atoms with Crippen LogP contribution in [-0.4, -0.2) is 4.98 Å².